The minimum Gasteiger partial charge on any atom is -0.464 e. The van der Waals surface area contributed by atoms with E-state index in [1.54, 1.807) is 28.6 Å². The number of halogens is 1. The molecule has 4 amide bonds. The lowest BCUT2D eigenvalue weighted by atomic mass is 10.0. The number of amides is 4. The lowest BCUT2D eigenvalue weighted by Gasteiger charge is -2.30. The van der Waals surface area contributed by atoms with Crippen molar-refractivity contribution in [1.29, 1.82) is 0 Å². The van der Waals surface area contributed by atoms with Crippen molar-refractivity contribution in [2.75, 3.05) is 20.2 Å². The van der Waals surface area contributed by atoms with Crippen molar-refractivity contribution >= 4 is 46.1 Å². The van der Waals surface area contributed by atoms with E-state index in [4.69, 9.17) is 24.4 Å². The normalized spacial score (nSPS) is 19.6. The van der Waals surface area contributed by atoms with Crippen LogP contribution in [0.25, 0.3) is 44.7 Å². The van der Waals surface area contributed by atoms with Gasteiger partial charge in [0.1, 0.15) is 35.3 Å². The number of ether oxygens (including phenoxy) is 2. The Morgan fingerprint density at radius 3 is 2.01 bits per heavy atom. The summed E-state index contributed by atoms with van der Waals surface area (Å²) < 4.78 is 30.6. The van der Waals surface area contributed by atoms with Crippen molar-refractivity contribution in [2.45, 2.75) is 117 Å². The molecule has 4 aromatic heterocycles. The average molecular weight is 947 g/mol. The number of aromatic nitrogens is 6. The molecule has 0 radical (unpaired) electrons. The number of hydrogen-bond acceptors (Lipinski definition) is 10. The van der Waals surface area contributed by atoms with E-state index in [2.05, 4.69) is 31.2 Å². The summed E-state index contributed by atoms with van der Waals surface area (Å²) in [7, 11) is 1.27. The quantitative estimate of drug-likeness (QED) is 0.0927. The molecule has 0 bridgehead atoms. The Kier molecular flexibility index (Phi) is 12.7. The van der Waals surface area contributed by atoms with E-state index in [1.165, 1.54) is 20.1 Å². The van der Waals surface area contributed by atoms with Crippen molar-refractivity contribution in [3.8, 4) is 39.5 Å². The number of carbonyl (C=O) groups excluding carboxylic acids is 4. The van der Waals surface area contributed by atoms with Crippen molar-refractivity contribution in [3.63, 3.8) is 0 Å². The molecule has 3 aliphatic heterocycles. The SMILES string of the molecule is C.COC(=O)N[C@H](C(=O)N1CCC[C@H]1c1ncc(-c2cc(F)c3c(c2)O[C@@H](c2cnc(C4CC4)s2)n2c-3cc3cc(-c4cnc([C@@H]5CCCN5C(=O)[C@@H](NC(C)=O)C(C)C)[nH]4)ccc32)[nH]1)C(C)C. The largest absolute Gasteiger partial charge is 0.464 e. The number of likely N-dealkylation sites (tertiary alicyclic amines) is 2. The Labute approximate surface area is 398 Å². The van der Waals surface area contributed by atoms with Crippen molar-refractivity contribution in [1.82, 2.24) is 49.9 Å². The summed E-state index contributed by atoms with van der Waals surface area (Å²) in [5.74, 6) is 0.813. The number of thiazole rings is 1. The monoisotopic (exact) mass is 946 g/mol. The molecule has 6 aromatic rings. The van der Waals surface area contributed by atoms with E-state index in [9.17, 15) is 19.2 Å². The van der Waals surface area contributed by atoms with Crippen molar-refractivity contribution < 1.29 is 33.0 Å². The molecule has 7 heterocycles. The number of alkyl carbamates (subject to hydrolysis) is 1. The van der Waals surface area contributed by atoms with Crippen LogP contribution in [0.2, 0.25) is 0 Å². The zero-order valence-corrected chi connectivity index (χ0v) is 39.2. The Balaban J connectivity index is 0.00000578. The maximum atomic E-state index is 16.9. The predicted octanol–water partition coefficient (Wildman–Crippen LogP) is 9.01. The number of nitrogens with one attached hydrogen (secondary N) is 4. The maximum Gasteiger partial charge on any atom is 0.407 e. The van der Waals surface area contributed by atoms with Crippen molar-refractivity contribution in [3.05, 3.63) is 82.3 Å². The molecule has 18 heteroatoms. The van der Waals surface area contributed by atoms with Gasteiger partial charge in [-0.15, -0.1) is 11.3 Å². The summed E-state index contributed by atoms with van der Waals surface area (Å²) >= 11 is 1.62. The van der Waals surface area contributed by atoms with E-state index in [1.807, 2.05) is 63.1 Å². The first-order valence-corrected chi connectivity index (χ1v) is 24.0. The third-order valence-corrected chi connectivity index (χ3v) is 14.7. The molecular weight excluding hydrogens is 888 g/mol. The molecule has 1 aliphatic carbocycles. The van der Waals surface area contributed by atoms with Crippen LogP contribution < -0.4 is 15.4 Å². The van der Waals surface area contributed by atoms with Gasteiger partial charge in [-0.25, -0.2) is 24.1 Å². The molecule has 4 N–H and O–H groups in total. The molecule has 3 fully saturated rings. The van der Waals surface area contributed by atoms with Gasteiger partial charge in [0, 0.05) is 48.6 Å². The fourth-order valence-electron chi connectivity index (χ4n) is 9.94. The highest BCUT2D eigenvalue weighted by atomic mass is 32.1. The van der Waals surface area contributed by atoms with Gasteiger partial charge in [0.15, 0.2) is 0 Å². The lowest BCUT2D eigenvalue weighted by Crippen LogP contribution is -2.51. The lowest BCUT2D eigenvalue weighted by molar-refractivity contribution is -0.138. The fraction of sp³-hybridized carbons (Fsp3) is 0.460. The standard InChI is InChI=1S/C49H55FN10O6S.CH4/c1-24(2)41(54-26(5)61)46(62)58-15-7-9-35(58)43-51-21-32(55-43)28-13-14-34-30(17-28)19-37-40-31(50)18-29(20-38(40)66-48(60(34)37)39-23-53-45(67-39)27-11-12-27)33-22-52-44(56-33)36-10-8-16-59(36)47(63)42(25(3)4)57-49(64)65-6;/h13-14,17-25,27,35-36,41-42,48H,7-12,15-16H2,1-6H3,(H,51,55)(H,52,56)(H,54,61)(H,57,64);1H4/t35-,36-,41-,42-,48-;/m0./s1. The van der Waals surface area contributed by atoms with Crippen LogP contribution in [0.5, 0.6) is 5.75 Å². The summed E-state index contributed by atoms with van der Waals surface area (Å²) in [6.07, 6.45) is 9.27. The number of imidazole rings is 2. The number of aromatic amines is 2. The summed E-state index contributed by atoms with van der Waals surface area (Å²) in [5, 5.41) is 7.48. The van der Waals surface area contributed by atoms with E-state index in [0.29, 0.717) is 65.3 Å². The highest BCUT2D eigenvalue weighted by molar-refractivity contribution is 7.11. The van der Waals surface area contributed by atoms with Gasteiger partial charge in [0.25, 0.3) is 0 Å². The second-order valence-corrected chi connectivity index (χ2v) is 20.0. The van der Waals surface area contributed by atoms with Crippen LogP contribution in [0.15, 0.2) is 55.0 Å². The zero-order chi connectivity index (χ0) is 46.8. The minimum atomic E-state index is -0.769. The third-order valence-electron chi connectivity index (χ3n) is 13.5. The molecule has 0 spiro atoms. The topological polar surface area (TPSA) is 192 Å². The van der Waals surface area contributed by atoms with Gasteiger partial charge in [-0.3, -0.25) is 19.0 Å². The highest BCUT2D eigenvalue weighted by Gasteiger charge is 2.40. The molecule has 10 rings (SSSR count). The number of methoxy groups -OCH3 is 1. The van der Waals surface area contributed by atoms with Crippen LogP contribution in [0, 0.1) is 17.7 Å². The van der Waals surface area contributed by atoms with Gasteiger partial charge < -0.3 is 39.9 Å². The first-order chi connectivity index (χ1) is 32.3. The molecule has 5 atom stereocenters. The first kappa shape index (κ1) is 46.5. The number of rotatable bonds is 12. The van der Waals surface area contributed by atoms with Gasteiger partial charge in [-0.2, -0.15) is 0 Å². The molecule has 1 saturated carbocycles. The molecule has 68 heavy (non-hydrogen) atoms. The zero-order valence-electron chi connectivity index (χ0n) is 38.4. The molecule has 16 nitrogen and oxygen atoms in total. The number of hydrogen-bond donors (Lipinski definition) is 4. The van der Waals surface area contributed by atoms with Crippen molar-refractivity contribution in [2.24, 2.45) is 11.8 Å². The molecule has 2 aromatic carbocycles. The molecule has 2 saturated heterocycles. The van der Waals surface area contributed by atoms with E-state index < -0.39 is 30.2 Å². The van der Waals surface area contributed by atoms with Crippen LogP contribution >= 0.6 is 11.3 Å². The Hall–Kier alpha value is -6.56. The average Bonchev–Trinajstić information content (AvgIpc) is 4.03. The van der Waals surface area contributed by atoms with Gasteiger partial charge in [-0.05, 0) is 80.7 Å². The van der Waals surface area contributed by atoms with Gasteiger partial charge >= 0.3 is 6.09 Å². The minimum absolute atomic E-state index is 0. The fourth-order valence-corrected chi connectivity index (χ4v) is 11.1. The molecule has 4 aliphatic rings. The number of nitrogens with zero attached hydrogens (tertiary/aromatic N) is 6. The van der Waals surface area contributed by atoms with Crippen LogP contribution in [0.1, 0.15) is 126 Å². The first-order valence-electron chi connectivity index (χ1n) is 23.2. The number of carbonyl (C=O) groups is 4. The van der Waals surface area contributed by atoms with Crippen LogP contribution in [-0.2, 0) is 19.1 Å². The van der Waals surface area contributed by atoms with Gasteiger partial charge in [0.05, 0.1) is 69.6 Å². The van der Waals surface area contributed by atoms with Gasteiger partial charge in [0.2, 0.25) is 23.9 Å². The second-order valence-electron chi connectivity index (χ2n) is 18.9. The Morgan fingerprint density at radius 2 is 1.43 bits per heavy atom. The van der Waals surface area contributed by atoms with E-state index in [-0.39, 0.29) is 49.1 Å². The molecule has 358 valence electrons. The number of H-pyrrole nitrogens is 2. The summed E-state index contributed by atoms with van der Waals surface area (Å²) in [6.45, 7) is 10.1. The van der Waals surface area contributed by atoms with E-state index >= 15 is 4.39 Å². The smallest absolute Gasteiger partial charge is 0.407 e. The predicted molar refractivity (Wildman–Crippen MR) is 256 cm³/mol. The Bertz CT molecular complexity index is 2900. The maximum absolute atomic E-state index is 16.9. The third kappa shape index (κ3) is 8.51. The molecule has 0 unspecified atom stereocenters. The summed E-state index contributed by atoms with van der Waals surface area (Å²) in [5.41, 5.74) is 4.64. The highest BCUT2D eigenvalue weighted by Crippen LogP contribution is 2.50. The number of fused-ring (bicyclic) bond motifs is 5. The summed E-state index contributed by atoms with van der Waals surface area (Å²) in [4.78, 5) is 77.3. The molecular formula is C50H59FN10O6S. The Morgan fingerprint density at radius 1 is 0.809 bits per heavy atom. The van der Waals surface area contributed by atoms with Gasteiger partial charge in [-0.1, -0.05) is 41.2 Å². The van der Waals surface area contributed by atoms with Crippen LogP contribution in [-0.4, -0.2) is 95.4 Å². The summed E-state index contributed by atoms with van der Waals surface area (Å²) in [6, 6.07) is 9.43. The van der Waals surface area contributed by atoms with Crippen LogP contribution in [0.4, 0.5) is 9.18 Å². The van der Waals surface area contributed by atoms with Crippen LogP contribution in [0.3, 0.4) is 0 Å². The van der Waals surface area contributed by atoms with E-state index in [0.717, 1.165) is 64.1 Å². The second kappa shape index (κ2) is 18.5. The number of benzene rings is 2.